The molecule has 1 atom stereocenters. The van der Waals surface area contributed by atoms with Crippen molar-refractivity contribution in [3.05, 3.63) is 29.8 Å². The van der Waals surface area contributed by atoms with Crippen molar-refractivity contribution >= 4 is 11.8 Å². The molecule has 0 saturated carbocycles. The second-order valence-corrected chi connectivity index (χ2v) is 5.21. The van der Waals surface area contributed by atoms with Gasteiger partial charge in [0.1, 0.15) is 12.4 Å². The Morgan fingerprint density at radius 3 is 2.86 bits per heavy atom. The average molecular weight is 306 g/mol. The second kappa shape index (κ2) is 8.38. The molecular weight excluding hydrogens is 284 g/mol. The van der Waals surface area contributed by atoms with Gasteiger partial charge in [-0.3, -0.25) is 9.59 Å². The van der Waals surface area contributed by atoms with Crippen LogP contribution in [0.3, 0.4) is 0 Å². The van der Waals surface area contributed by atoms with Crippen LogP contribution < -0.4 is 15.4 Å². The molecule has 22 heavy (non-hydrogen) atoms. The highest BCUT2D eigenvalue weighted by Crippen LogP contribution is 2.17. The number of hydrogen-bond donors (Lipinski definition) is 2. The standard InChI is InChI=1S/C16H22N2O4/c1-12(19)17-7-8-18-16(20)13-4-2-5-14(10-13)22-11-15-6-3-9-21-15/h2,4-5,10,15H,3,6-9,11H2,1H3,(H,17,19)(H,18,20). The van der Waals surface area contributed by atoms with E-state index in [4.69, 9.17) is 9.47 Å². The maximum Gasteiger partial charge on any atom is 0.251 e. The van der Waals surface area contributed by atoms with E-state index in [1.807, 2.05) is 6.07 Å². The van der Waals surface area contributed by atoms with Crippen LogP contribution in [0.2, 0.25) is 0 Å². The summed E-state index contributed by atoms with van der Waals surface area (Å²) in [5.74, 6) is 0.358. The quantitative estimate of drug-likeness (QED) is 0.740. The van der Waals surface area contributed by atoms with Crippen molar-refractivity contribution in [2.75, 3.05) is 26.3 Å². The van der Waals surface area contributed by atoms with E-state index in [1.165, 1.54) is 6.92 Å². The zero-order valence-electron chi connectivity index (χ0n) is 12.8. The van der Waals surface area contributed by atoms with Crippen molar-refractivity contribution in [1.82, 2.24) is 10.6 Å². The topological polar surface area (TPSA) is 76.7 Å². The van der Waals surface area contributed by atoms with Crippen molar-refractivity contribution in [3.63, 3.8) is 0 Å². The van der Waals surface area contributed by atoms with E-state index in [0.717, 1.165) is 19.4 Å². The van der Waals surface area contributed by atoms with Gasteiger partial charge in [0.05, 0.1) is 6.10 Å². The lowest BCUT2D eigenvalue weighted by atomic mass is 10.2. The Bertz CT molecular complexity index is 513. The smallest absolute Gasteiger partial charge is 0.251 e. The second-order valence-electron chi connectivity index (χ2n) is 5.21. The molecule has 0 bridgehead atoms. The lowest BCUT2D eigenvalue weighted by Crippen LogP contribution is -2.33. The van der Waals surface area contributed by atoms with Gasteiger partial charge in [-0.15, -0.1) is 0 Å². The largest absolute Gasteiger partial charge is 0.491 e. The van der Waals surface area contributed by atoms with Gasteiger partial charge >= 0.3 is 0 Å². The fraction of sp³-hybridized carbons (Fsp3) is 0.500. The first-order chi connectivity index (χ1) is 10.6. The molecule has 2 amide bonds. The number of carbonyl (C=O) groups excluding carboxylic acids is 2. The van der Waals surface area contributed by atoms with Crippen LogP contribution in [0.25, 0.3) is 0 Å². The zero-order valence-corrected chi connectivity index (χ0v) is 12.8. The number of hydrogen-bond acceptors (Lipinski definition) is 4. The monoisotopic (exact) mass is 306 g/mol. The van der Waals surface area contributed by atoms with Crippen LogP contribution in [0, 0.1) is 0 Å². The zero-order chi connectivity index (χ0) is 15.8. The molecule has 6 heteroatoms. The molecule has 1 aliphatic heterocycles. The van der Waals surface area contributed by atoms with Crippen LogP contribution in [-0.4, -0.2) is 44.2 Å². The maximum absolute atomic E-state index is 12.0. The number of nitrogens with one attached hydrogen (secondary N) is 2. The molecule has 1 aromatic rings. The van der Waals surface area contributed by atoms with Crippen LogP contribution in [0.4, 0.5) is 0 Å². The van der Waals surface area contributed by atoms with Crippen LogP contribution in [0.5, 0.6) is 5.75 Å². The average Bonchev–Trinajstić information content (AvgIpc) is 3.03. The third-order valence-corrected chi connectivity index (χ3v) is 3.34. The van der Waals surface area contributed by atoms with Crippen molar-refractivity contribution < 1.29 is 19.1 Å². The molecule has 0 aromatic heterocycles. The van der Waals surface area contributed by atoms with Crippen LogP contribution in [0.15, 0.2) is 24.3 Å². The molecular formula is C16H22N2O4. The minimum absolute atomic E-state index is 0.112. The van der Waals surface area contributed by atoms with E-state index in [0.29, 0.717) is 31.0 Å². The summed E-state index contributed by atoms with van der Waals surface area (Å²) in [5.41, 5.74) is 0.535. The summed E-state index contributed by atoms with van der Waals surface area (Å²) in [6.45, 7) is 3.55. The summed E-state index contributed by atoms with van der Waals surface area (Å²) in [4.78, 5) is 22.7. The molecule has 2 N–H and O–H groups in total. The number of ether oxygens (including phenoxy) is 2. The van der Waals surface area contributed by atoms with E-state index in [2.05, 4.69) is 10.6 Å². The van der Waals surface area contributed by atoms with E-state index in [9.17, 15) is 9.59 Å². The Kier molecular flexibility index (Phi) is 6.21. The number of carbonyl (C=O) groups is 2. The van der Waals surface area contributed by atoms with Crippen LogP contribution in [-0.2, 0) is 9.53 Å². The number of rotatable bonds is 7. The van der Waals surface area contributed by atoms with Crippen molar-refractivity contribution in [1.29, 1.82) is 0 Å². The molecule has 0 radical (unpaired) electrons. The van der Waals surface area contributed by atoms with Gasteiger partial charge < -0.3 is 20.1 Å². The van der Waals surface area contributed by atoms with Gasteiger partial charge in [0.2, 0.25) is 5.91 Å². The summed E-state index contributed by atoms with van der Waals surface area (Å²) in [7, 11) is 0. The summed E-state index contributed by atoms with van der Waals surface area (Å²) in [6, 6.07) is 7.05. The van der Waals surface area contributed by atoms with Gasteiger partial charge in [0.25, 0.3) is 5.91 Å². The lowest BCUT2D eigenvalue weighted by molar-refractivity contribution is -0.118. The molecule has 1 saturated heterocycles. The van der Waals surface area contributed by atoms with Gasteiger partial charge in [0.15, 0.2) is 0 Å². The predicted octanol–water partition coefficient (Wildman–Crippen LogP) is 1.11. The van der Waals surface area contributed by atoms with E-state index in [1.54, 1.807) is 18.2 Å². The highest BCUT2D eigenvalue weighted by Gasteiger charge is 2.16. The van der Waals surface area contributed by atoms with E-state index >= 15 is 0 Å². The molecule has 2 rings (SSSR count). The van der Waals surface area contributed by atoms with Crippen molar-refractivity contribution in [3.8, 4) is 5.75 Å². The Morgan fingerprint density at radius 1 is 1.32 bits per heavy atom. The Labute approximate surface area is 130 Å². The molecule has 0 aliphatic carbocycles. The van der Waals surface area contributed by atoms with Gasteiger partial charge in [-0.25, -0.2) is 0 Å². The minimum atomic E-state index is -0.187. The molecule has 0 spiro atoms. The van der Waals surface area contributed by atoms with Crippen molar-refractivity contribution in [2.45, 2.75) is 25.9 Å². The normalized spacial score (nSPS) is 17.0. The molecule has 1 unspecified atom stereocenters. The summed E-state index contributed by atoms with van der Waals surface area (Å²) >= 11 is 0. The van der Waals surface area contributed by atoms with Gasteiger partial charge in [-0.05, 0) is 31.0 Å². The van der Waals surface area contributed by atoms with Crippen LogP contribution in [0.1, 0.15) is 30.1 Å². The fourth-order valence-corrected chi connectivity index (χ4v) is 2.21. The predicted molar refractivity (Wildman–Crippen MR) is 81.9 cm³/mol. The maximum atomic E-state index is 12.0. The van der Waals surface area contributed by atoms with Crippen LogP contribution >= 0.6 is 0 Å². The fourth-order valence-electron chi connectivity index (χ4n) is 2.21. The highest BCUT2D eigenvalue weighted by atomic mass is 16.5. The Balaban J connectivity index is 1.79. The van der Waals surface area contributed by atoms with Crippen molar-refractivity contribution in [2.24, 2.45) is 0 Å². The SMILES string of the molecule is CC(=O)NCCNC(=O)c1cccc(OCC2CCCO2)c1. The van der Waals surface area contributed by atoms with Gasteiger partial charge in [-0.1, -0.05) is 6.07 Å². The number of benzene rings is 1. The molecule has 1 aromatic carbocycles. The molecule has 1 aliphatic rings. The third kappa shape index (κ3) is 5.37. The first kappa shape index (κ1) is 16.3. The third-order valence-electron chi connectivity index (χ3n) is 3.34. The molecule has 6 nitrogen and oxygen atoms in total. The van der Waals surface area contributed by atoms with E-state index < -0.39 is 0 Å². The minimum Gasteiger partial charge on any atom is -0.491 e. The first-order valence-electron chi connectivity index (χ1n) is 7.52. The highest BCUT2D eigenvalue weighted by molar-refractivity contribution is 5.94. The summed E-state index contributed by atoms with van der Waals surface area (Å²) in [5, 5.41) is 5.37. The van der Waals surface area contributed by atoms with E-state index in [-0.39, 0.29) is 17.9 Å². The molecule has 1 fully saturated rings. The lowest BCUT2D eigenvalue weighted by Gasteiger charge is -2.12. The first-order valence-corrected chi connectivity index (χ1v) is 7.52. The Hall–Kier alpha value is -2.08. The molecule has 120 valence electrons. The number of amides is 2. The summed E-state index contributed by atoms with van der Waals surface area (Å²) < 4.78 is 11.2. The van der Waals surface area contributed by atoms with Gasteiger partial charge in [0, 0.05) is 32.2 Å². The molecule has 1 heterocycles. The van der Waals surface area contributed by atoms with Gasteiger partial charge in [-0.2, -0.15) is 0 Å². The Morgan fingerprint density at radius 2 is 2.14 bits per heavy atom. The summed E-state index contributed by atoms with van der Waals surface area (Å²) in [6.07, 6.45) is 2.24.